The Balaban J connectivity index is 3.26. The van der Waals surface area contributed by atoms with Gasteiger partial charge in [-0.05, 0) is 19.4 Å². The van der Waals surface area contributed by atoms with Crippen LogP contribution in [0.15, 0.2) is 12.2 Å². The first-order valence-electron chi connectivity index (χ1n) is 3.86. The van der Waals surface area contributed by atoms with Crippen molar-refractivity contribution in [1.29, 1.82) is 0 Å². The highest BCUT2D eigenvalue weighted by molar-refractivity contribution is 4.88. The standard InChI is InChI=1S/C8H17NO/c1-2-3-4-5-8(10)6-7-9/h4-5,8,10H,2-3,6-7,9H2,1H3/b5-4+. The molecule has 0 fully saturated rings. The van der Waals surface area contributed by atoms with E-state index in [1.165, 1.54) is 0 Å². The molecular weight excluding hydrogens is 126 g/mol. The number of hydrogen-bond donors (Lipinski definition) is 2. The van der Waals surface area contributed by atoms with Crippen molar-refractivity contribution >= 4 is 0 Å². The predicted molar refractivity (Wildman–Crippen MR) is 43.7 cm³/mol. The van der Waals surface area contributed by atoms with Crippen molar-refractivity contribution in [3.63, 3.8) is 0 Å². The second-order valence-electron chi connectivity index (χ2n) is 2.36. The number of aliphatic hydroxyl groups excluding tert-OH is 1. The molecule has 0 aliphatic carbocycles. The van der Waals surface area contributed by atoms with Crippen LogP contribution in [0.2, 0.25) is 0 Å². The normalized spacial score (nSPS) is 14.3. The van der Waals surface area contributed by atoms with E-state index in [2.05, 4.69) is 6.92 Å². The van der Waals surface area contributed by atoms with E-state index in [4.69, 9.17) is 10.8 Å². The maximum Gasteiger partial charge on any atom is 0.0732 e. The van der Waals surface area contributed by atoms with Gasteiger partial charge in [0.1, 0.15) is 0 Å². The van der Waals surface area contributed by atoms with Gasteiger partial charge in [0.2, 0.25) is 0 Å². The Hall–Kier alpha value is -0.340. The molecule has 0 spiro atoms. The van der Waals surface area contributed by atoms with E-state index in [9.17, 15) is 0 Å². The van der Waals surface area contributed by atoms with Gasteiger partial charge in [0, 0.05) is 0 Å². The lowest BCUT2D eigenvalue weighted by molar-refractivity contribution is 0.215. The number of allylic oxidation sites excluding steroid dienone is 1. The van der Waals surface area contributed by atoms with Crippen molar-refractivity contribution in [1.82, 2.24) is 0 Å². The third kappa shape index (κ3) is 5.79. The predicted octanol–water partition coefficient (Wildman–Crippen LogP) is 1.05. The van der Waals surface area contributed by atoms with Gasteiger partial charge in [0.05, 0.1) is 6.10 Å². The van der Waals surface area contributed by atoms with E-state index in [-0.39, 0.29) is 6.10 Å². The molecule has 0 aromatic heterocycles. The van der Waals surface area contributed by atoms with Crippen LogP contribution in [0.1, 0.15) is 26.2 Å². The molecule has 2 nitrogen and oxygen atoms in total. The summed E-state index contributed by atoms with van der Waals surface area (Å²) in [6, 6.07) is 0. The summed E-state index contributed by atoms with van der Waals surface area (Å²) >= 11 is 0. The molecule has 0 amide bonds. The fraction of sp³-hybridized carbons (Fsp3) is 0.750. The van der Waals surface area contributed by atoms with Crippen LogP contribution >= 0.6 is 0 Å². The number of unbranched alkanes of at least 4 members (excludes halogenated alkanes) is 1. The van der Waals surface area contributed by atoms with Crippen LogP contribution in [0, 0.1) is 0 Å². The molecule has 0 bridgehead atoms. The Bertz CT molecular complexity index is 91.3. The zero-order chi connectivity index (χ0) is 7.82. The van der Waals surface area contributed by atoms with Gasteiger partial charge in [-0.1, -0.05) is 25.5 Å². The summed E-state index contributed by atoms with van der Waals surface area (Å²) in [4.78, 5) is 0. The average Bonchev–Trinajstić information content (AvgIpc) is 1.89. The lowest BCUT2D eigenvalue weighted by atomic mass is 10.2. The highest BCUT2D eigenvalue weighted by Gasteiger charge is 1.93. The zero-order valence-electron chi connectivity index (χ0n) is 6.59. The van der Waals surface area contributed by atoms with E-state index < -0.39 is 0 Å². The zero-order valence-corrected chi connectivity index (χ0v) is 6.59. The smallest absolute Gasteiger partial charge is 0.0732 e. The van der Waals surface area contributed by atoms with E-state index in [1.54, 1.807) is 0 Å². The fourth-order valence-electron chi connectivity index (χ4n) is 0.687. The Labute approximate surface area is 62.7 Å². The molecule has 1 unspecified atom stereocenters. The highest BCUT2D eigenvalue weighted by atomic mass is 16.3. The second-order valence-corrected chi connectivity index (χ2v) is 2.36. The van der Waals surface area contributed by atoms with Gasteiger partial charge >= 0.3 is 0 Å². The van der Waals surface area contributed by atoms with E-state index >= 15 is 0 Å². The first-order chi connectivity index (χ1) is 4.81. The maximum absolute atomic E-state index is 9.11. The van der Waals surface area contributed by atoms with Crippen LogP contribution in [0.4, 0.5) is 0 Å². The molecule has 0 saturated heterocycles. The second kappa shape index (κ2) is 6.78. The average molecular weight is 143 g/mol. The van der Waals surface area contributed by atoms with Crippen LogP contribution in [0.25, 0.3) is 0 Å². The molecule has 2 heteroatoms. The molecule has 0 aromatic carbocycles. The lowest BCUT2D eigenvalue weighted by Gasteiger charge is -2.00. The minimum Gasteiger partial charge on any atom is -0.389 e. The molecule has 60 valence electrons. The number of rotatable bonds is 5. The van der Waals surface area contributed by atoms with Crippen molar-refractivity contribution in [2.45, 2.75) is 32.3 Å². The number of hydrogen-bond acceptors (Lipinski definition) is 2. The van der Waals surface area contributed by atoms with Gasteiger partial charge in [0.15, 0.2) is 0 Å². The summed E-state index contributed by atoms with van der Waals surface area (Å²) in [5.74, 6) is 0. The van der Waals surface area contributed by atoms with Gasteiger partial charge in [-0.2, -0.15) is 0 Å². The van der Waals surface area contributed by atoms with E-state index in [0.717, 1.165) is 12.8 Å². The first-order valence-corrected chi connectivity index (χ1v) is 3.86. The van der Waals surface area contributed by atoms with Crippen LogP contribution < -0.4 is 5.73 Å². The van der Waals surface area contributed by atoms with Crippen molar-refractivity contribution in [2.24, 2.45) is 5.73 Å². The topological polar surface area (TPSA) is 46.2 Å². The molecule has 0 aromatic rings. The van der Waals surface area contributed by atoms with Gasteiger partial charge in [-0.3, -0.25) is 0 Å². The summed E-state index contributed by atoms with van der Waals surface area (Å²) in [5.41, 5.74) is 5.24. The fourth-order valence-corrected chi connectivity index (χ4v) is 0.687. The molecular formula is C8H17NO. The third-order valence-corrected chi connectivity index (χ3v) is 1.28. The molecule has 10 heavy (non-hydrogen) atoms. The van der Waals surface area contributed by atoms with Gasteiger partial charge in [-0.15, -0.1) is 0 Å². The molecule has 3 N–H and O–H groups in total. The Morgan fingerprint density at radius 3 is 2.80 bits per heavy atom. The van der Waals surface area contributed by atoms with Crippen LogP contribution in [-0.4, -0.2) is 17.8 Å². The molecule has 0 rings (SSSR count). The Morgan fingerprint density at radius 2 is 2.30 bits per heavy atom. The molecule has 0 heterocycles. The summed E-state index contributed by atoms with van der Waals surface area (Å²) in [6.07, 6.45) is 6.32. The summed E-state index contributed by atoms with van der Waals surface area (Å²) < 4.78 is 0. The largest absolute Gasteiger partial charge is 0.389 e. The maximum atomic E-state index is 9.11. The quantitative estimate of drug-likeness (QED) is 0.565. The Morgan fingerprint density at radius 1 is 1.60 bits per heavy atom. The van der Waals surface area contributed by atoms with Crippen LogP contribution in [-0.2, 0) is 0 Å². The molecule has 0 saturated carbocycles. The van der Waals surface area contributed by atoms with Crippen molar-refractivity contribution in [3.05, 3.63) is 12.2 Å². The van der Waals surface area contributed by atoms with E-state index in [0.29, 0.717) is 13.0 Å². The van der Waals surface area contributed by atoms with Crippen molar-refractivity contribution in [2.75, 3.05) is 6.54 Å². The highest BCUT2D eigenvalue weighted by Crippen LogP contribution is 1.94. The monoisotopic (exact) mass is 143 g/mol. The van der Waals surface area contributed by atoms with Crippen LogP contribution in [0.5, 0.6) is 0 Å². The van der Waals surface area contributed by atoms with Gasteiger partial charge < -0.3 is 10.8 Å². The van der Waals surface area contributed by atoms with Crippen molar-refractivity contribution < 1.29 is 5.11 Å². The number of aliphatic hydroxyl groups is 1. The van der Waals surface area contributed by atoms with Gasteiger partial charge in [-0.25, -0.2) is 0 Å². The summed E-state index contributed by atoms with van der Waals surface area (Å²) in [7, 11) is 0. The third-order valence-electron chi connectivity index (χ3n) is 1.28. The molecule has 0 aliphatic heterocycles. The Kier molecular flexibility index (Phi) is 6.55. The minimum atomic E-state index is -0.337. The van der Waals surface area contributed by atoms with E-state index in [1.807, 2.05) is 12.2 Å². The van der Waals surface area contributed by atoms with Crippen molar-refractivity contribution in [3.8, 4) is 0 Å². The minimum absolute atomic E-state index is 0.337. The summed E-state index contributed by atoms with van der Waals surface area (Å²) in [6.45, 7) is 2.66. The van der Waals surface area contributed by atoms with Crippen LogP contribution in [0.3, 0.4) is 0 Å². The first kappa shape index (κ1) is 9.66. The number of nitrogens with two attached hydrogens (primary N) is 1. The SMILES string of the molecule is CCC/C=C/C(O)CCN. The lowest BCUT2D eigenvalue weighted by Crippen LogP contribution is -2.10. The summed E-state index contributed by atoms with van der Waals surface area (Å²) in [5, 5.41) is 9.11. The molecule has 0 radical (unpaired) electrons. The molecule has 0 aliphatic rings. The molecule has 1 atom stereocenters. The van der Waals surface area contributed by atoms with Gasteiger partial charge in [0.25, 0.3) is 0 Å².